The average Bonchev–Trinajstić information content (AvgIpc) is 2.81. The highest BCUT2D eigenvalue weighted by molar-refractivity contribution is 5.81. The van der Waals surface area contributed by atoms with E-state index in [1.807, 2.05) is 60.5 Å². The number of aromatic amines is 1. The third-order valence-electron chi connectivity index (χ3n) is 2.95. The molecule has 90 valence electrons. The lowest BCUT2D eigenvalue weighted by atomic mass is 10.3. The molecule has 0 aliphatic rings. The lowest BCUT2D eigenvalue weighted by molar-refractivity contribution is 1.11. The standard InChI is InChI=1S/C14H14N4/c1-18(11-5-3-2-4-6-11)14-16-12-8-7-10(15)9-13(12)17-14/h2-9H,15H2,1H3,(H,16,17). The summed E-state index contributed by atoms with van der Waals surface area (Å²) >= 11 is 0. The number of rotatable bonds is 2. The highest BCUT2D eigenvalue weighted by atomic mass is 15.2. The van der Waals surface area contributed by atoms with Crippen LogP contribution in [-0.2, 0) is 0 Å². The fraction of sp³-hybridized carbons (Fsp3) is 0.0714. The average molecular weight is 238 g/mol. The Bertz CT molecular complexity index is 673. The number of nitrogens with one attached hydrogen (secondary N) is 1. The SMILES string of the molecule is CN(c1ccccc1)c1nc2ccc(N)cc2[nH]1. The largest absolute Gasteiger partial charge is 0.399 e. The van der Waals surface area contributed by atoms with Crippen LogP contribution in [0.5, 0.6) is 0 Å². The van der Waals surface area contributed by atoms with Crippen molar-refractivity contribution in [3.8, 4) is 0 Å². The molecular formula is C14H14N4. The predicted octanol–water partition coefficient (Wildman–Crippen LogP) is 2.91. The first-order valence-corrected chi connectivity index (χ1v) is 5.78. The Morgan fingerprint density at radius 1 is 1.11 bits per heavy atom. The van der Waals surface area contributed by atoms with Crippen LogP contribution in [0.25, 0.3) is 11.0 Å². The van der Waals surface area contributed by atoms with Crippen molar-refractivity contribution in [1.29, 1.82) is 0 Å². The zero-order valence-electron chi connectivity index (χ0n) is 10.1. The number of hydrogen-bond donors (Lipinski definition) is 2. The van der Waals surface area contributed by atoms with Gasteiger partial charge in [0.15, 0.2) is 0 Å². The van der Waals surface area contributed by atoms with E-state index in [4.69, 9.17) is 5.73 Å². The molecule has 4 heteroatoms. The summed E-state index contributed by atoms with van der Waals surface area (Å²) in [6, 6.07) is 15.8. The van der Waals surface area contributed by atoms with Crippen molar-refractivity contribution in [2.24, 2.45) is 0 Å². The van der Waals surface area contributed by atoms with Crippen LogP contribution in [0.15, 0.2) is 48.5 Å². The molecule has 0 amide bonds. The normalized spacial score (nSPS) is 10.7. The lowest BCUT2D eigenvalue weighted by Gasteiger charge is -2.15. The molecule has 0 saturated heterocycles. The van der Waals surface area contributed by atoms with Gasteiger partial charge in [-0.15, -0.1) is 0 Å². The smallest absolute Gasteiger partial charge is 0.208 e. The molecule has 18 heavy (non-hydrogen) atoms. The maximum Gasteiger partial charge on any atom is 0.208 e. The molecule has 0 aliphatic carbocycles. The van der Waals surface area contributed by atoms with Gasteiger partial charge in [0, 0.05) is 18.4 Å². The van der Waals surface area contributed by atoms with E-state index in [-0.39, 0.29) is 0 Å². The Labute approximate surface area is 105 Å². The minimum Gasteiger partial charge on any atom is -0.399 e. The van der Waals surface area contributed by atoms with Crippen molar-refractivity contribution in [2.75, 3.05) is 17.7 Å². The molecule has 0 unspecified atom stereocenters. The van der Waals surface area contributed by atoms with E-state index in [1.165, 1.54) is 0 Å². The number of nitrogens with zero attached hydrogens (tertiary/aromatic N) is 2. The highest BCUT2D eigenvalue weighted by Crippen LogP contribution is 2.24. The van der Waals surface area contributed by atoms with Gasteiger partial charge in [0.05, 0.1) is 11.0 Å². The molecule has 1 heterocycles. The van der Waals surface area contributed by atoms with Crippen molar-refractivity contribution in [3.63, 3.8) is 0 Å². The monoisotopic (exact) mass is 238 g/mol. The number of nitrogens with two attached hydrogens (primary N) is 1. The van der Waals surface area contributed by atoms with Gasteiger partial charge >= 0.3 is 0 Å². The van der Waals surface area contributed by atoms with Gasteiger partial charge in [-0.05, 0) is 30.3 Å². The molecule has 0 bridgehead atoms. The molecule has 0 saturated carbocycles. The van der Waals surface area contributed by atoms with Gasteiger partial charge in [-0.2, -0.15) is 0 Å². The summed E-state index contributed by atoms with van der Waals surface area (Å²) < 4.78 is 0. The summed E-state index contributed by atoms with van der Waals surface area (Å²) in [6.45, 7) is 0. The fourth-order valence-electron chi connectivity index (χ4n) is 1.95. The first-order chi connectivity index (χ1) is 8.74. The van der Waals surface area contributed by atoms with Gasteiger partial charge in [0.1, 0.15) is 0 Å². The summed E-state index contributed by atoms with van der Waals surface area (Å²) in [7, 11) is 1.98. The molecule has 0 atom stereocenters. The van der Waals surface area contributed by atoms with Crippen LogP contribution < -0.4 is 10.6 Å². The van der Waals surface area contributed by atoms with Gasteiger partial charge in [-0.3, -0.25) is 0 Å². The van der Waals surface area contributed by atoms with Crippen molar-refractivity contribution >= 4 is 28.4 Å². The second-order valence-corrected chi connectivity index (χ2v) is 4.23. The van der Waals surface area contributed by atoms with Gasteiger partial charge in [-0.25, -0.2) is 4.98 Å². The number of H-pyrrole nitrogens is 1. The van der Waals surface area contributed by atoms with Crippen LogP contribution in [0.3, 0.4) is 0 Å². The quantitative estimate of drug-likeness (QED) is 0.675. The van der Waals surface area contributed by atoms with Crippen LogP contribution in [0, 0.1) is 0 Å². The van der Waals surface area contributed by atoms with E-state index in [0.717, 1.165) is 28.4 Å². The van der Waals surface area contributed by atoms with Crippen molar-refractivity contribution in [2.45, 2.75) is 0 Å². The third kappa shape index (κ3) is 1.78. The van der Waals surface area contributed by atoms with Gasteiger partial charge in [0.2, 0.25) is 5.95 Å². The minimum absolute atomic E-state index is 0.736. The second-order valence-electron chi connectivity index (χ2n) is 4.23. The minimum atomic E-state index is 0.736. The van der Waals surface area contributed by atoms with E-state index >= 15 is 0 Å². The third-order valence-corrected chi connectivity index (χ3v) is 2.95. The molecule has 3 rings (SSSR count). The summed E-state index contributed by atoms with van der Waals surface area (Å²) in [5, 5.41) is 0. The number of hydrogen-bond acceptors (Lipinski definition) is 3. The van der Waals surface area contributed by atoms with E-state index in [1.54, 1.807) is 0 Å². The summed E-state index contributed by atoms with van der Waals surface area (Å²) in [4.78, 5) is 9.82. The van der Waals surface area contributed by atoms with Gasteiger partial charge in [-0.1, -0.05) is 18.2 Å². The zero-order valence-corrected chi connectivity index (χ0v) is 10.1. The second kappa shape index (κ2) is 4.07. The van der Waals surface area contributed by atoms with E-state index < -0.39 is 0 Å². The van der Waals surface area contributed by atoms with Crippen molar-refractivity contribution < 1.29 is 0 Å². The Hall–Kier alpha value is -2.49. The summed E-state index contributed by atoms with van der Waals surface area (Å²) in [6.07, 6.45) is 0. The Kier molecular flexibility index (Phi) is 2.41. The lowest BCUT2D eigenvalue weighted by Crippen LogP contribution is -2.10. The highest BCUT2D eigenvalue weighted by Gasteiger charge is 2.08. The van der Waals surface area contributed by atoms with Crippen LogP contribution in [-0.4, -0.2) is 17.0 Å². The molecule has 3 N–H and O–H groups in total. The van der Waals surface area contributed by atoms with E-state index in [0.29, 0.717) is 0 Å². The summed E-state index contributed by atoms with van der Waals surface area (Å²) in [5.74, 6) is 0.807. The van der Waals surface area contributed by atoms with Crippen molar-refractivity contribution in [1.82, 2.24) is 9.97 Å². The molecule has 0 spiro atoms. The predicted molar refractivity (Wildman–Crippen MR) is 75.0 cm³/mol. The number of nitrogen functional groups attached to an aromatic ring is 1. The van der Waals surface area contributed by atoms with E-state index in [2.05, 4.69) is 9.97 Å². The molecule has 3 aromatic rings. The van der Waals surface area contributed by atoms with Crippen molar-refractivity contribution in [3.05, 3.63) is 48.5 Å². The molecule has 2 aromatic carbocycles. The van der Waals surface area contributed by atoms with Crippen LogP contribution in [0.4, 0.5) is 17.3 Å². The zero-order chi connectivity index (χ0) is 12.5. The Balaban J connectivity index is 2.04. The first kappa shape index (κ1) is 10.7. The number of para-hydroxylation sites is 1. The van der Waals surface area contributed by atoms with E-state index in [9.17, 15) is 0 Å². The maximum absolute atomic E-state index is 5.76. The molecule has 4 nitrogen and oxygen atoms in total. The van der Waals surface area contributed by atoms with Gasteiger partial charge < -0.3 is 15.6 Å². The van der Waals surface area contributed by atoms with Crippen LogP contribution in [0.1, 0.15) is 0 Å². The maximum atomic E-state index is 5.76. The Morgan fingerprint density at radius 2 is 1.89 bits per heavy atom. The first-order valence-electron chi connectivity index (χ1n) is 5.78. The van der Waals surface area contributed by atoms with Crippen LogP contribution >= 0.6 is 0 Å². The molecule has 0 radical (unpaired) electrons. The molecular weight excluding hydrogens is 224 g/mol. The number of benzene rings is 2. The van der Waals surface area contributed by atoms with Gasteiger partial charge in [0.25, 0.3) is 0 Å². The Morgan fingerprint density at radius 3 is 2.67 bits per heavy atom. The number of fused-ring (bicyclic) bond motifs is 1. The number of imidazole rings is 1. The number of aromatic nitrogens is 2. The summed E-state index contributed by atoms with van der Waals surface area (Å²) in [5.41, 5.74) is 9.45. The molecule has 1 aromatic heterocycles. The number of anilines is 3. The molecule has 0 aliphatic heterocycles. The fourth-order valence-corrected chi connectivity index (χ4v) is 1.95. The molecule has 0 fully saturated rings. The topological polar surface area (TPSA) is 57.9 Å². The van der Waals surface area contributed by atoms with Crippen LogP contribution in [0.2, 0.25) is 0 Å².